The third-order valence-corrected chi connectivity index (χ3v) is 4.47. The van der Waals surface area contributed by atoms with E-state index in [1.807, 2.05) is 6.92 Å². The van der Waals surface area contributed by atoms with Crippen LogP contribution in [0.3, 0.4) is 0 Å². The van der Waals surface area contributed by atoms with Crippen molar-refractivity contribution in [1.82, 2.24) is 5.32 Å². The molecule has 0 spiro atoms. The van der Waals surface area contributed by atoms with E-state index in [4.69, 9.17) is 4.55 Å². The van der Waals surface area contributed by atoms with Gasteiger partial charge < -0.3 is 5.32 Å². The predicted octanol–water partition coefficient (Wildman–Crippen LogP) is 3.56. The Morgan fingerprint density at radius 1 is 1.00 bits per heavy atom. The number of hydrogen-bond donors (Lipinski definition) is 2. The molecule has 1 fully saturated rings. The van der Waals surface area contributed by atoms with Gasteiger partial charge in [0.2, 0.25) is 0 Å². The van der Waals surface area contributed by atoms with Crippen molar-refractivity contribution in [2.24, 2.45) is 0 Å². The third-order valence-electron chi connectivity index (χ3n) is 3.60. The normalized spacial score (nSPS) is 20.3. The second-order valence-electron chi connectivity index (χ2n) is 7.03. The van der Waals surface area contributed by atoms with Gasteiger partial charge in [-0.2, -0.15) is 8.42 Å². The molecule has 2 N–H and O–H groups in total. The predicted molar refractivity (Wildman–Crippen MR) is 86.1 cm³/mol. The van der Waals surface area contributed by atoms with E-state index < -0.39 is 10.1 Å². The third kappa shape index (κ3) is 6.59. The summed E-state index contributed by atoms with van der Waals surface area (Å²) >= 11 is 0. The standard InChI is InChI=1S/C9H19N.C7H8O3S/c1-8(2)6-5-7-9(3,4)10-8;1-6-2-4-7(5-3-6)11(8,9)10/h10H,5-7H2,1-4H3;2-5H,1H3,(H,8,9,10). The highest BCUT2D eigenvalue weighted by Gasteiger charge is 2.31. The molecule has 0 aromatic heterocycles. The first-order valence-corrected chi connectivity index (χ1v) is 8.69. The molecule has 0 radical (unpaired) electrons. The first-order valence-electron chi connectivity index (χ1n) is 7.25. The zero-order chi connectivity index (χ0) is 16.3. The van der Waals surface area contributed by atoms with Gasteiger partial charge in [-0.3, -0.25) is 4.55 Å². The highest BCUT2D eigenvalue weighted by Crippen LogP contribution is 2.27. The largest absolute Gasteiger partial charge is 0.307 e. The highest BCUT2D eigenvalue weighted by molar-refractivity contribution is 7.85. The van der Waals surface area contributed by atoms with Crippen LogP contribution < -0.4 is 5.32 Å². The zero-order valence-corrected chi connectivity index (χ0v) is 14.4. The van der Waals surface area contributed by atoms with Crippen molar-refractivity contribution < 1.29 is 13.0 Å². The number of aryl methyl sites for hydroxylation is 1. The van der Waals surface area contributed by atoms with Crippen molar-refractivity contribution in [3.05, 3.63) is 29.8 Å². The fourth-order valence-corrected chi connectivity index (χ4v) is 3.20. The maximum Gasteiger partial charge on any atom is 0.294 e. The fourth-order valence-electron chi connectivity index (χ4n) is 2.72. The van der Waals surface area contributed by atoms with Crippen LogP contribution in [-0.4, -0.2) is 24.0 Å². The van der Waals surface area contributed by atoms with Crippen molar-refractivity contribution in [3.63, 3.8) is 0 Å². The maximum absolute atomic E-state index is 10.5. The molecule has 1 heterocycles. The van der Waals surface area contributed by atoms with Crippen LogP contribution in [0.2, 0.25) is 0 Å². The Balaban J connectivity index is 0.000000211. The quantitative estimate of drug-likeness (QED) is 0.778. The van der Waals surface area contributed by atoms with Crippen molar-refractivity contribution >= 4 is 10.1 Å². The van der Waals surface area contributed by atoms with Gasteiger partial charge in [0.25, 0.3) is 10.1 Å². The Hall–Kier alpha value is -0.910. The summed E-state index contributed by atoms with van der Waals surface area (Å²) in [7, 11) is -4.02. The molecule has 2 rings (SSSR count). The minimum atomic E-state index is -4.02. The monoisotopic (exact) mass is 313 g/mol. The summed E-state index contributed by atoms with van der Waals surface area (Å²) in [6, 6.07) is 5.99. The summed E-state index contributed by atoms with van der Waals surface area (Å²) in [6.45, 7) is 11.0. The van der Waals surface area contributed by atoms with E-state index in [2.05, 4.69) is 33.0 Å². The van der Waals surface area contributed by atoms with E-state index in [1.54, 1.807) is 12.1 Å². The summed E-state index contributed by atoms with van der Waals surface area (Å²) in [5, 5.41) is 3.63. The second kappa shape index (κ2) is 6.46. The van der Waals surface area contributed by atoms with Crippen molar-refractivity contribution in [2.75, 3.05) is 0 Å². The summed E-state index contributed by atoms with van der Waals surface area (Å²) in [6.07, 6.45) is 4.00. The molecule has 21 heavy (non-hydrogen) atoms. The van der Waals surface area contributed by atoms with Gasteiger partial charge >= 0.3 is 0 Å². The molecule has 0 amide bonds. The van der Waals surface area contributed by atoms with Crippen molar-refractivity contribution in [3.8, 4) is 0 Å². The van der Waals surface area contributed by atoms with Gasteiger partial charge in [-0.05, 0) is 66.0 Å². The number of nitrogens with one attached hydrogen (secondary N) is 1. The lowest BCUT2D eigenvalue weighted by molar-refractivity contribution is 0.183. The van der Waals surface area contributed by atoms with Crippen LogP contribution in [0.4, 0.5) is 0 Å². The smallest absolute Gasteiger partial charge is 0.294 e. The van der Waals surface area contributed by atoms with Crippen LogP contribution in [0, 0.1) is 6.92 Å². The van der Waals surface area contributed by atoms with Crippen LogP contribution in [0.1, 0.15) is 52.5 Å². The van der Waals surface area contributed by atoms with Gasteiger partial charge in [-0.25, -0.2) is 0 Å². The van der Waals surface area contributed by atoms with Gasteiger partial charge in [0.15, 0.2) is 0 Å². The molecular weight excluding hydrogens is 286 g/mol. The summed E-state index contributed by atoms with van der Waals surface area (Å²) in [4.78, 5) is -0.0666. The lowest BCUT2D eigenvalue weighted by Crippen LogP contribution is -2.55. The Morgan fingerprint density at radius 3 is 1.71 bits per heavy atom. The number of hydrogen-bond acceptors (Lipinski definition) is 3. The summed E-state index contributed by atoms with van der Waals surface area (Å²) < 4.78 is 29.6. The molecule has 4 nitrogen and oxygen atoms in total. The Labute approximate surface area is 128 Å². The Bertz CT molecular complexity index is 546. The summed E-state index contributed by atoms with van der Waals surface area (Å²) in [5.74, 6) is 0. The Kier molecular flexibility index (Phi) is 5.58. The van der Waals surface area contributed by atoms with E-state index in [0.29, 0.717) is 11.1 Å². The highest BCUT2D eigenvalue weighted by atomic mass is 32.2. The van der Waals surface area contributed by atoms with Gasteiger partial charge in [0.1, 0.15) is 0 Å². The minimum Gasteiger partial charge on any atom is -0.307 e. The lowest BCUT2D eigenvalue weighted by atomic mass is 9.83. The number of rotatable bonds is 1. The van der Waals surface area contributed by atoms with E-state index in [1.165, 1.54) is 31.4 Å². The van der Waals surface area contributed by atoms with Gasteiger partial charge in [-0.1, -0.05) is 17.7 Å². The first-order chi connectivity index (χ1) is 9.41. The van der Waals surface area contributed by atoms with E-state index in [0.717, 1.165) is 5.56 Å². The molecule has 120 valence electrons. The van der Waals surface area contributed by atoms with E-state index >= 15 is 0 Å². The molecule has 1 aliphatic heterocycles. The molecule has 1 aromatic carbocycles. The van der Waals surface area contributed by atoms with Crippen molar-refractivity contribution in [1.29, 1.82) is 0 Å². The van der Waals surface area contributed by atoms with Crippen LogP contribution in [0.15, 0.2) is 29.2 Å². The van der Waals surface area contributed by atoms with Crippen LogP contribution in [0.25, 0.3) is 0 Å². The topological polar surface area (TPSA) is 66.4 Å². The molecule has 0 unspecified atom stereocenters. The maximum atomic E-state index is 10.5. The number of piperidine rings is 1. The number of benzene rings is 1. The molecule has 0 bridgehead atoms. The van der Waals surface area contributed by atoms with Crippen LogP contribution in [-0.2, 0) is 10.1 Å². The van der Waals surface area contributed by atoms with E-state index in [-0.39, 0.29) is 4.90 Å². The zero-order valence-electron chi connectivity index (χ0n) is 13.6. The van der Waals surface area contributed by atoms with Gasteiger partial charge in [-0.15, -0.1) is 0 Å². The lowest BCUT2D eigenvalue weighted by Gasteiger charge is -2.42. The van der Waals surface area contributed by atoms with E-state index in [9.17, 15) is 8.42 Å². The molecule has 0 aliphatic carbocycles. The molecule has 0 saturated carbocycles. The van der Waals surface area contributed by atoms with Gasteiger partial charge in [0, 0.05) is 11.1 Å². The average molecular weight is 313 g/mol. The molecular formula is C16H27NO3S. The average Bonchev–Trinajstić information content (AvgIpc) is 2.25. The molecule has 1 saturated heterocycles. The molecule has 1 aromatic rings. The van der Waals surface area contributed by atoms with Crippen molar-refractivity contribution in [2.45, 2.75) is 69.9 Å². The molecule has 0 atom stereocenters. The second-order valence-corrected chi connectivity index (χ2v) is 8.46. The van der Waals surface area contributed by atoms with Gasteiger partial charge in [0.05, 0.1) is 4.90 Å². The Morgan fingerprint density at radius 2 is 1.43 bits per heavy atom. The fraction of sp³-hybridized carbons (Fsp3) is 0.625. The summed E-state index contributed by atoms with van der Waals surface area (Å²) in [5.41, 5.74) is 1.68. The minimum absolute atomic E-state index is 0.0666. The SMILES string of the molecule is CC1(C)CCCC(C)(C)N1.Cc1ccc(S(=O)(=O)O)cc1. The molecule has 5 heteroatoms. The molecule has 1 aliphatic rings. The first kappa shape index (κ1) is 18.1. The van der Waals surface area contributed by atoms with Crippen LogP contribution in [0.5, 0.6) is 0 Å². The van der Waals surface area contributed by atoms with Crippen LogP contribution >= 0.6 is 0 Å².